The summed E-state index contributed by atoms with van der Waals surface area (Å²) >= 11 is 0. The van der Waals surface area contributed by atoms with Gasteiger partial charge in [0.25, 0.3) is 0 Å². The molecule has 1 aliphatic heterocycles. The third kappa shape index (κ3) is 3.65. The average Bonchev–Trinajstić information content (AvgIpc) is 2.80. The van der Waals surface area contributed by atoms with E-state index in [4.69, 9.17) is 9.15 Å². The van der Waals surface area contributed by atoms with Crippen molar-refractivity contribution in [2.24, 2.45) is 10.9 Å². The summed E-state index contributed by atoms with van der Waals surface area (Å²) in [5, 5.41) is 10.4. The lowest BCUT2D eigenvalue weighted by Crippen LogP contribution is -2.35. The van der Waals surface area contributed by atoms with Crippen LogP contribution in [-0.4, -0.2) is 29.9 Å². The van der Waals surface area contributed by atoms with E-state index in [9.17, 15) is 19.5 Å². The van der Waals surface area contributed by atoms with Crippen LogP contribution in [0.1, 0.15) is 30.9 Å². The Morgan fingerprint density at radius 1 is 1.03 bits per heavy atom. The number of aliphatic carboxylic acids is 1. The molecule has 7 nitrogen and oxygen atoms in total. The minimum Gasteiger partial charge on any atom is -0.481 e. The van der Waals surface area contributed by atoms with Crippen molar-refractivity contribution in [3.63, 3.8) is 0 Å². The molecule has 33 heavy (non-hydrogen) atoms. The minimum atomic E-state index is -1.13. The topological polar surface area (TPSA) is 106 Å². The fraction of sp³-hybridized carbons (Fsp3) is 0.231. The van der Waals surface area contributed by atoms with Crippen LogP contribution in [0.3, 0.4) is 0 Å². The molecule has 7 heteroatoms. The highest BCUT2D eigenvalue weighted by molar-refractivity contribution is 6.07. The number of carboxylic acids is 1. The van der Waals surface area contributed by atoms with Crippen molar-refractivity contribution in [2.45, 2.75) is 26.7 Å². The van der Waals surface area contributed by atoms with Crippen molar-refractivity contribution >= 4 is 28.6 Å². The lowest BCUT2D eigenvalue weighted by molar-refractivity contribution is -0.140. The molecule has 2 aromatic carbocycles. The SMILES string of the molecule is COC(=O)C1=C(C)N=C(C)C(C(=O)O)C1c1cccc2c(=O)c(C)c(-c3ccccc3)oc12. The molecule has 2 unspecified atom stereocenters. The zero-order valence-corrected chi connectivity index (χ0v) is 18.7. The number of carboxylic acid groups (broad SMARTS) is 1. The van der Waals surface area contributed by atoms with E-state index in [2.05, 4.69) is 4.99 Å². The normalized spacial score (nSPS) is 18.2. The summed E-state index contributed by atoms with van der Waals surface area (Å²) in [7, 11) is 1.24. The molecule has 0 saturated heterocycles. The highest BCUT2D eigenvalue weighted by Crippen LogP contribution is 2.42. The van der Waals surface area contributed by atoms with E-state index < -0.39 is 23.8 Å². The Morgan fingerprint density at radius 2 is 1.73 bits per heavy atom. The Labute approximate surface area is 190 Å². The van der Waals surface area contributed by atoms with E-state index in [1.165, 1.54) is 7.11 Å². The second-order valence-corrected chi connectivity index (χ2v) is 8.01. The van der Waals surface area contributed by atoms with Crippen LogP contribution >= 0.6 is 0 Å². The Kier molecular flexibility index (Phi) is 5.72. The van der Waals surface area contributed by atoms with Gasteiger partial charge < -0.3 is 14.3 Å². The third-order valence-electron chi connectivity index (χ3n) is 6.05. The number of carbonyl (C=O) groups excluding carboxylic acids is 1. The highest BCUT2D eigenvalue weighted by Gasteiger charge is 2.42. The van der Waals surface area contributed by atoms with E-state index >= 15 is 0 Å². The standard InChI is InChI=1S/C26H23NO6/c1-13-22(28)18-12-8-11-17(24(18)33-23(13)16-9-6-5-7-10-16)21-19(25(29)30)14(2)27-15(3)20(21)26(31)32-4/h5-12,19,21H,1-4H3,(H,29,30). The molecule has 0 fully saturated rings. The molecule has 0 aliphatic carbocycles. The summed E-state index contributed by atoms with van der Waals surface area (Å²) in [6.45, 7) is 4.95. The van der Waals surface area contributed by atoms with Gasteiger partial charge in [0.15, 0.2) is 5.43 Å². The Hall–Kier alpha value is -4.00. The second kappa shape index (κ2) is 8.50. The van der Waals surface area contributed by atoms with Crippen molar-refractivity contribution in [3.8, 4) is 11.3 Å². The van der Waals surface area contributed by atoms with Gasteiger partial charge in [0, 0.05) is 34.0 Å². The van der Waals surface area contributed by atoms with Gasteiger partial charge in [-0.3, -0.25) is 14.6 Å². The number of hydrogen-bond acceptors (Lipinski definition) is 6. The number of fused-ring (bicyclic) bond motifs is 1. The summed E-state index contributed by atoms with van der Waals surface area (Å²) in [4.78, 5) is 42.6. The molecule has 3 aromatic rings. The minimum absolute atomic E-state index is 0.132. The fourth-order valence-electron chi connectivity index (χ4n) is 4.51. The second-order valence-electron chi connectivity index (χ2n) is 8.01. The van der Waals surface area contributed by atoms with E-state index in [1.54, 1.807) is 39.0 Å². The molecule has 4 rings (SSSR count). The summed E-state index contributed by atoms with van der Waals surface area (Å²) in [5.41, 5.74) is 2.47. The maximum Gasteiger partial charge on any atom is 0.336 e. The largest absolute Gasteiger partial charge is 0.481 e. The van der Waals surface area contributed by atoms with Crippen molar-refractivity contribution in [1.82, 2.24) is 0 Å². The molecule has 1 aromatic heterocycles. The Bertz CT molecular complexity index is 1400. The quantitative estimate of drug-likeness (QED) is 0.594. The Morgan fingerprint density at radius 3 is 2.36 bits per heavy atom. The number of benzene rings is 2. The average molecular weight is 445 g/mol. The maximum atomic E-state index is 13.3. The number of carbonyl (C=O) groups is 2. The van der Waals surface area contributed by atoms with Gasteiger partial charge in [-0.1, -0.05) is 42.5 Å². The van der Waals surface area contributed by atoms with Gasteiger partial charge in [-0.25, -0.2) is 4.79 Å². The molecular formula is C26H23NO6. The molecule has 168 valence electrons. The number of ether oxygens (including phenoxy) is 1. The molecule has 0 saturated carbocycles. The molecular weight excluding hydrogens is 422 g/mol. The molecule has 0 bridgehead atoms. The van der Waals surface area contributed by atoms with Crippen molar-refractivity contribution in [3.05, 3.63) is 81.2 Å². The lowest BCUT2D eigenvalue weighted by atomic mass is 9.75. The third-order valence-corrected chi connectivity index (χ3v) is 6.05. The van der Waals surface area contributed by atoms with Crippen LogP contribution in [0.25, 0.3) is 22.3 Å². The first-order valence-corrected chi connectivity index (χ1v) is 10.4. The van der Waals surface area contributed by atoms with Gasteiger partial charge in [0.2, 0.25) is 0 Å². The van der Waals surface area contributed by atoms with Gasteiger partial charge in [0.05, 0.1) is 18.1 Å². The van der Waals surface area contributed by atoms with Gasteiger partial charge in [-0.05, 0) is 26.8 Å². The van der Waals surface area contributed by atoms with Crippen LogP contribution in [0.2, 0.25) is 0 Å². The number of aliphatic imine (C=N–C) groups is 1. The van der Waals surface area contributed by atoms with Crippen LogP contribution in [0.15, 0.2) is 74.0 Å². The van der Waals surface area contributed by atoms with E-state index in [1.807, 2.05) is 30.3 Å². The number of hydrogen-bond donors (Lipinski definition) is 1. The number of esters is 1. The van der Waals surface area contributed by atoms with Crippen LogP contribution in [0.5, 0.6) is 0 Å². The molecule has 0 spiro atoms. The lowest BCUT2D eigenvalue weighted by Gasteiger charge is -2.30. The first-order valence-electron chi connectivity index (χ1n) is 10.4. The van der Waals surface area contributed by atoms with Crippen LogP contribution < -0.4 is 5.43 Å². The number of nitrogens with zero attached hydrogens (tertiary/aromatic N) is 1. The first kappa shape index (κ1) is 22.2. The van der Waals surface area contributed by atoms with E-state index in [0.29, 0.717) is 33.7 Å². The zero-order valence-electron chi connectivity index (χ0n) is 18.7. The smallest absolute Gasteiger partial charge is 0.336 e. The molecule has 2 atom stereocenters. The molecule has 0 radical (unpaired) electrons. The van der Waals surface area contributed by atoms with Gasteiger partial charge in [-0.15, -0.1) is 0 Å². The van der Waals surface area contributed by atoms with Crippen molar-refractivity contribution in [2.75, 3.05) is 7.11 Å². The number of para-hydroxylation sites is 1. The summed E-state index contributed by atoms with van der Waals surface area (Å²) in [6.07, 6.45) is 0. The van der Waals surface area contributed by atoms with Crippen LogP contribution in [0.4, 0.5) is 0 Å². The van der Waals surface area contributed by atoms with E-state index in [0.717, 1.165) is 5.56 Å². The summed E-state index contributed by atoms with van der Waals surface area (Å²) < 4.78 is 11.3. The zero-order chi connectivity index (χ0) is 23.9. The summed E-state index contributed by atoms with van der Waals surface area (Å²) in [6, 6.07) is 14.2. The molecule has 1 N–H and O–H groups in total. The Balaban J connectivity index is 2.08. The predicted molar refractivity (Wildman–Crippen MR) is 124 cm³/mol. The fourth-order valence-corrected chi connectivity index (χ4v) is 4.51. The van der Waals surface area contributed by atoms with E-state index in [-0.39, 0.29) is 16.6 Å². The van der Waals surface area contributed by atoms with Gasteiger partial charge in [0.1, 0.15) is 17.3 Å². The van der Waals surface area contributed by atoms with Crippen molar-refractivity contribution < 1.29 is 23.8 Å². The maximum absolute atomic E-state index is 13.3. The summed E-state index contributed by atoms with van der Waals surface area (Å²) in [5.74, 6) is -3.47. The first-order chi connectivity index (χ1) is 15.8. The molecule has 1 aliphatic rings. The van der Waals surface area contributed by atoms with Gasteiger partial charge >= 0.3 is 11.9 Å². The molecule has 2 heterocycles. The number of methoxy groups -OCH3 is 1. The van der Waals surface area contributed by atoms with Crippen LogP contribution in [-0.2, 0) is 14.3 Å². The highest BCUT2D eigenvalue weighted by atomic mass is 16.5. The van der Waals surface area contributed by atoms with Crippen LogP contribution in [0, 0.1) is 12.8 Å². The van der Waals surface area contributed by atoms with Crippen molar-refractivity contribution in [1.29, 1.82) is 0 Å². The van der Waals surface area contributed by atoms with Gasteiger partial charge in [-0.2, -0.15) is 0 Å². The molecule has 0 amide bonds. The monoisotopic (exact) mass is 445 g/mol. The number of rotatable bonds is 4. The predicted octanol–water partition coefficient (Wildman–Crippen LogP) is 4.47. The number of allylic oxidation sites excluding steroid dienone is 1.